The summed E-state index contributed by atoms with van der Waals surface area (Å²) >= 11 is 0. The second kappa shape index (κ2) is 4.30. The molecule has 3 fully saturated rings. The van der Waals surface area contributed by atoms with Crippen molar-refractivity contribution >= 4 is 11.6 Å². The van der Waals surface area contributed by atoms with Crippen LogP contribution in [0.4, 0.5) is 0 Å². The maximum absolute atomic E-state index is 12.4. The Morgan fingerprint density at radius 2 is 2.08 bits per heavy atom. The average molecular weight is 326 g/mol. The number of carbonyl (C=O) groups excluding carboxylic acids is 2. The summed E-state index contributed by atoms with van der Waals surface area (Å²) < 4.78 is 5.97. The number of rotatable bonds is 1. The predicted octanol–water partition coefficient (Wildman–Crippen LogP) is 3.77. The van der Waals surface area contributed by atoms with Gasteiger partial charge in [0.25, 0.3) is 0 Å². The summed E-state index contributed by atoms with van der Waals surface area (Å²) in [6, 6.07) is 0. The molecule has 0 aromatic heterocycles. The fourth-order valence-corrected chi connectivity index (χ4v) is 6.93. The van der Waals surface area contributed by atoms with E-state index in [1.165, 1.54) is 5.57 Å². The van der Waals surface area contributed by atoms with E-state index in [0.29, 0.717) is 24.0 Å². The molecule has 0 amide bonds. The normalized spacial score (nSPS) is 51.6. The number of ether oxygens (including phenoxy) is 1. The van der Waals surface area contributed by atoms with Crippen molar-refractivity contribution in [2.45, 2.75) is 71.0 Å². The van der Waals surface area contributed by atoms with Gasteiger partial charge in [-0.2, -0.15) is 0 Å². The van der Waals surface area contributed by atoms with Crippen LogP contribution in [0.3, 0.4) is 0 Å². The number of allylic oxidation sites excluding steroid dienone is 4. The summed E-state index contributed by atoms with van der Waals surface area (Å²) in [5, 5.41) is 0. The van der Waals surface area contributed by atoms with Crippen molar-refractivity contribution in [3.05, 3.63) is 23.3 Å². The minimum absolute atomic E-state index is 0.0419. The van der Waals surface area contributed by atoms with E-state index in [2.05, 4.69) is 19.9 Å². The van der Waals surface area contributed by atoms with E-state index in [1.807, 2.05) is 6.08 Å². The number of hydrogen-bond donors (Lipinski definition) is 0. The number of Topliss-reactive ketones (excluding diaryl/α,β-unsaturated/α-hetero) is 1. The van der Waals surface area contributed by atoms with Gasteiger partial charge in [0.2, 0.25) is 0 Å². The molecule has 2 saturated carbocycles. The Hall–Kier alpha value is -1.22. The average Bonchev–Trinajstić information content (AvgIpc) is 3.21. The standard InChI is InChI=1S/C21H26O3/c1-12(22)21-18(24-21)11-17-15-5-4-13-10-14(23)6-8-19(13,2)16(15)7-9-20(17,21)3/h7,10,15,17-18H,4-6,8-9,11H2,1-3H3/t15-,17+,18-,19+,20+,21-/m1/s1. The zero-order valence-electron chi connectivity index (χ0n) is 14.9. The molecule has 5 aliphatic rings. The topological polar surface area (TPSA) is 46.7 Å². The van der Waals surface area contributed by atoms with Gasteiger partial charge in [0.1, 0.15) is 0 Å². The van der Waals surface area contributed by atoms with Gasteiger partial charge < -0.3 is 4.74 Å². The second-order valence-electron chi connectivity index (χ2n) is 9.13. The quantitative estimate of drug-likeness (QED) is 0.544. The summed E-state index contributed by atoms with van der Waals surface area (Å²) in [5.74, 6) is 1.64. The molecule has 128 valence electrons. The maximum Gasteiger partial charge on any atom is 0.164 e. The minimum atomic E-state index is -0.501. The number of hydrogen-bond acceptors (Lipinski definition) is 3. The molecule has 0 unspecified atom stereocenters. The van der Waals surface area contributed by atoms with Crippen LogP contribution < -0.4 is 0 Å². The van der Waals surface area contributed by atoms with E-state index < -0.39 is 5.60 Å². The third kappa shape index (κ3) is 1.49. The fourth-order valence-electron chi connectivity index (χ4n) is 6.93. The Morgan fingerprint density at radius 3 is 2.83 bits per heavy atom. The first kappa shape index (κ1) is 15.1. The number of ketones is 2. The monoisotopic (exact) mass is 326 g/mol. The van der Waals surface area contributed by atoms with Gasteiger partial charge in [0, 0.05) is 17.3 Å². The van der Waals surface area contributed by atoms with Gasteiger partial charge in [-0.15, -0.1) is 0 Å². The number of carbonyl (C=O) groups is 2. The molecular weight excluding hydrogens is 300 g/mol. The third-order valence-electron chi connectivity index (χ3n) is 8.29. The third-order valence-corrected chi connectivity index (χ3v) is 8.29. The zero-order chi connectivity index (χ0) is 16.9. The van der Waals surface area contributed by atoms with Crippen molar-refractivity contribution in [3.63, 3.8) is 0 Å². The molecule has 0 spiro atoms. The first-order valence-electron chi connectivity index (χ1n) is 9.46. The van der Waals surface area contributed by atoms with Crippen LogP contribution in [0.25, 0.3) is 0 Å². The van der Waals surface area contributed by atoms with E-state index >= 15 is 0 Å². The Bertz CT molecular complexity index is 731. The molecule has 0 bridgehead atoms. The Balaban J connectivity index is 1.58. The lowest BCUT2D eigenvalue weighted by Gasteiger charge is -2.53. The molecule has 3 heteroatoms. The summed E-state index contributed by atoms with van der Waals surface area (Å²) in [6.07, 6.45) is 10.3. The molecule has 1 heterocycles. The molecule has 6 atom stereocenters. The molecule has 24 heavy (non-hydrogen) atoms. The molecule has 4 aliphatic carbocycles. The van der Waals surface area contributed by atoms with Gasteiger partial charge >= 0.3 is 0 Å². The van der Waals surface area contributed by atoms with Gasteiger partial charge in [0.15, 0.2) is 17.2 Å². The van der Waals surface area contributed by atoms with Crippen LogP contribution in [-0.2, 0) is 14.3 Å². The van der Waals surface area contributed by atoms with Gasteiger partial charge in [-0.25, -0.2) is 0 Å². The molecule has 1 saturated heterocycles. The molecule has 0 N–H and O–H groups in total. The van der Waals surface area contributed by atoms with Gasteiger partial charge in [-0.3, -0.25) is 9.59 Å². The molecule has 5 rings (SSSR count). The molecular formula is C21H26O3. The van der Waals surface area contributed by atoms with E-state index in [0.717, 1.165) is 32.1 Å². The van der Waals surface area contributed by atoms with Crippen molar-refractivity contribution in [1.82, 2.24) is 0 Å². The zero-order valence-corrected chi connectivity index (χ0v) is 14.9. The minimum Gasteiger partial charge on any atom is -0.357 e. The summed E-state index contributed by atoms with van der Waals surface area (Å²) in [6.45, 7) is 6.35. The molecule has 1 aliphatic heterocycles. The van der Waals surface area contributed by atoms with Crippen LogP contribution in [0, 0.1) is 22.7 Å². The van der Waals surface area contributed by atoms with E-state index in [-0.39, 0.29) is 22.7 Å². The van der Waals surface area contributed by atoms with Crippen molar-refractivity contribution in [1.29, 1.82) is 0 Å². The molecule has 0 aromatic carbocycles. The first-order valence-corrected chi connectivity index (χ1v) is 9.46. The highest BCUT2D eigenvalue weighted by molar-refractivity contribution is 5.92. The van der Waals surface area contributed by atoms with Crippen LogP contribution in [0.5, 0.6) is 0 Å². The fraction of sp³-hybridized carbons (Fsp3) is 0.714. The van der Waals surface area contributed by atoms with Crippen LogP contribution >= 0.6 is 0 Å². The van der Waals surface area contributed by atoms with E-state index in [1.54, 1.807) is 12.5 Å². The van der Waals surface area contributed by atoms with Crippen molar-refractivity contribution in [2.75, 3.05) is 0 Å². The summed E-state index contributed by atoms with van der Waals surface area (Å²) in [5.41, 5.74) is 2.45. The Kier molecular flexibility index (Phi) is 2.70. The molecule has 0 aromatic rings. The van der Waals surface area contributed by atoms with Gasteiger partial charge in [-0.05, 0) is 56.9 Å². The largest absolute Gasteiger partial charge is 0.357 e. The van der Waals surface area contributed by atoms with Crippen molar-refractivity contribution < 1.29 is 14.3 Å². The number of fused-ring (bicyclic) bond motifs is 7. The van der Waals surface area contributed by atoms with Crippen molar-refractivity contribution in [2.24, 2.45) is 22.7 Å². The summed E-state index contributed by atoms with van der Waals surface area (Å²) in [4.78, 5) is 24.2. The highest BCUT2D eigenvalue weighted by Crippen LogP contribution is 2.72. The maximum atomic E-state index is 12.4. The molecule has 3 nitrogen and oxygen atoms in total. The highest BCUT2D eigenvalue weighted by atomic mass is 16.6. The van der Waals surface area contributed by atoms with Gasteiger partial charge in [-0.1, -0.05) is 31.1 Å². The van der Waals surface area contributed by atoms with Crippen LogP contribution in [0.1, 0.15) is 59.3 Å². The Labute approximate surface area is 143 Å². The van der Waals surface area contributed by atoms with Crippen LogP contribution in [0.15, 0.2) is 23.3 Å². The lowest BCUT2D eigenvalue weighted by atomic mass is 9.50. The van der Waals surface area contributed by atoms with Crippen LogP contribution in [0.2, 0.25) is 0 Å². The second-order valence-corrected chi connectivity index (χ2v) is 9.13. The Morgan fingerprint density at radius 1 is 1.29 bits per heavy atom. The predicted molar refractivity (Wildman–Crippen MR) is 90.4 cm³/mol. The highest BCUT2D eigenvalue weighted by Gasteiger charge is 2.78. The smallest absolute Gasteiger partial charge is 0.164 e. The summed E-state index contributed by atoms with van der Waals surface area (Å²) in [7, 11) is 0. The van der Waals surface area contributed by atoms with E-state index in [4.69, 9.17) is 4.74 Å². The first-order chi connectivity index (χ1) is 11.3. The molecule has 0 radical (unpaired) electrons. The van der Waals surface area contributed by atoms with Gasteiger partial charge in [0.05, 0.1) is 6.10 Å². The number of epoxide rings is 1. The lowest BCUT2D eigenvalue weighted by Crippen LogP contribution is -2.50. The SMILES string of the molecule is CC(=O)[C@@]12O[C@@H]1C[C@H]1[C@@H]3CCC4=CC(=O)CC[C@]4(C)C3=CC[C@@]12C. The lowest BCUT2D eigenvalue weighted by molar-refractivity contribution is -0.129. The van der Waals surface area contributed by atoms with Crippen molar-refractivity contribution in [3.8, 4) is 0 Å². The van der Waals surface area contributed by atoms with Crippen LogP contribution in [-0.4, -0.2) is 23.3 Å². The van der Waals surface area contributed by atoms with E-state index in [9.17, 15) is 9.59 Å².